The number of rotatable bonds is 2. The summed E-state index contributed by atoms with van der Waals surface area (Å²) in [5, 5.41) is 17.9. The number of aromatic hydroxyl groups is 1. The zero-order chi connectivity index (χ0) is 12.1. The average Bonchev–Trinajstić information content (AvgIpc) is 2.21. The van der Waals surface area contributed by atoms with Gasteiger partial charge in [-0.25, -0.2) is 4.79 Å². The number of hydrogen-bond donors (Lipinski definition) is 4. The van der Waals surface area contributed by atoms with Gasteiger partial charge in [-0.3, -0.25) is 0 Å². The summed E-state index contributed by atoms with van der Waals surface area (Å²) in [4.78, 5) is 10.6. The van der Waals surface area contributed by atoms with E-state index in [1.165, 1.54) is 12.1 Å². The molecule has 0 aromatic heterocycles. The number of benzene rings is 1. The molecule has 0 unspecified atom stereocenters. The minimum Gasteiger partial charge on any atom is -0.508 e. The van der Waals surface area contributed by atoms with Gasteiger partial charge in [-0.2, -0.15) is 0 Å². The Morgan fingerprint density at radius 1 is 1.27 bits per heavy atom. The molecule has 5 heteroatoms. The standard InChI is InChI=1S/C8H10N2O3.C2H4/c9-8(10,7(12)13)5-3-1-2-4-6(5)11;1-2/h1-4,11H,9-10H2,(H,12,13);1-2H2. The van der Waals surface area contributed by atoms with E-state index < -0.39 is 11.6 Å². The van der Waals surface area contributed by atoms with Crippen LogP contribution in [-0.2, 0) is 10.5 Å². The van der Waals surface area contributed by atoms with Crippen LogP contribution >= 0.6 is 0 Å². The highest BCUT2D eigenvalue weighted by molar-refractivity contribution is 5.80. The second-order valence-electron chi connectivity index (χ2n) is 2.69. The number of para-hydroxylation sites is 1. The minimum absolute atomic E-state index is 0.0116. The fourth-order valence-corrected chi connectivity index (χ4v) is 0.939. The Morgan fingerprint density at radius 2 is 1.73 bits per heavy atom. The van der Waals surface area contributed by atoms with Gasteiger partial charge in [0.05, 0.1) is 0 Å². The Morgan fingerprint density at radius 3 is 2.13 bits per heavy atom. The lowest BCUT2D eigenvalue weighted by atomic mass is 10.0. The highest BCUT2D eigenvalue weighted by Gasteiger charge is 2.33. The molecule has 6 N–H and O–H groups in total. The van der Waals surface area contributed by atoms with Crippen LogP contribution in [-0.4, -0.2) is 16.2 Å². The summed E-state index contributed by atoms with van der Waals surface area (Å²) < 4.78 is 0. The van der Waals surface area contributed by atoms with E-state index in [0.717, 1.165) is 0 Å². The molecule has 0 atom stereocenters. The predicted molar refractivity (Wildman–Crippen MR) is 57.0 cm³/mol. The van der Waals surface area contributed by atoms with Crippen molar-refractivity contribution in [2.24, 2.45) is 11.5 Å². The first-order valence-electron chi connectivity index (χ1n) is 4.06. The van der Waals surface area contributed by atoms with E-state index >= 15 is 0 Å². The van der Waals surface area contributed by atoms with Gasteiger partial charge in [0.2, 0.25) is 0 Å². The van der Waals surface area contributed by atoms with Crippen molar-refractivity contribution in [3.05, 3.63) is 43.0 Å². The maximum absolute atomic E-state index is 10.6. The summed E-state index contributed by atoms with van der Waals surface area (Å²) in [7, 11) is 0. The number of aliphatic carboxylic acids is 1. The Bertz CT molecular complexity index is 350. The van der Waals surface area contributed by atoms with Gasteiger partial charge in [-0.1, -0.05) is 18.2 Å². The third-order valence-corrected chi connectivity index (χ3v) is 1.70. The molecule has 1 rings (SSSR count). The molecule has 15 heavy (non-hydrogen) atoms. The molecule has 0 aliphatic carbocycles. The van der Waals surface area contributed by atoms with Gasteiger partial charge in [-0.15, -0.1) is 13.2 Å². The molecule has 0 radical (unpaired) electrons. The molecule has 0 amide bonds. The Labute approximate surface area is 87.6 Å². The first-order valence-corrected chi connectivity index (χ1v) is 4.06. The topological polar surface area (TPSA) is 110 Å². The van der Waals surface area contributed by atoms with Crippen molar-refractivity contribution in [1.29, 1.82) is 0 Å². The van der Waals surface area contributed by atoms with Crippen LogP contribution < -0.4 is 11.5 Å². The molecule has 82 valence electrons. The molecular formula is C10H14N2O3. The molecule has 0 aliphatic rings. The number of phenolic OH excluding ortho intramolecular Hbond substituents is 1. The van der Waals surface area contributed by atoms with E-state index in [2.05, 4.69) is 13.2 Å². The number of phenols is 1. The number of nitrogens with two attached hydrogens (primary N) is 2. The zero-order valence-electron chi connectivity index (χ0n) is 8.18. The quantitative estimate of drug-likeness (QED) is 0.416. The molecule has 1 aromatic rings. The van der Waals surface area contributed by atoms with E-state index in [0.29, 0.717) is 0 Å². The fraction of sp³-hybridized carbons (Fsp3) is 0.100. The van der Waals surface area contributed by atoms with Crippen molar-refractivity contribution in [2.75, 3.05) is 0 Å². The van der Waals surface area contributed by atoms with Crippen LogP contribution in [0.5, 0.6) is 5.75 Å². The molecule has 0 fully saturated rings. The van der Waals surface area contributed by atoms with Gasteiger partial charge in [0.25, 0.3) is 0 Å². The first-order chi connectivity index (χ1) is 6.96. The second-order valence-corrected chi connectivity index (χ2v) is 2.69. The lowest BCUT2D eigenvalue weighted by molar-refractivity contribution is -0.143. The van der Waals surface area contributed by atoms with E-state index in [4.69, 9.17) is 16.6 Å². The molecular weight excluding hydrogens is 196 g/mol. The smallest absolute Gasteiger partial charge is 0.343 e. The molecule has 0 heterocycles. The predicted octanol–water partition coefficient (Wildman–Crippen LogP) is 0.349. The van der Waals surface area contributed by atoms with Crippen LogP contribution in [0.15, 0.2) is 37.4 Å². The van der Waals surface area contributed by atoms with Crippen LogP contribution in [0.4, 0.5) is 0 Å². The van der Waals surface area contributed by atoms with Gasteiger partial charge >= 0.3 is 5.97 Å². The largest absolute Gasteiger partial charge is 0.508 e. The third-order valence-electron chi connectivity index (χ3n) is 1.70. The molecule has 0 aliphatic heterocycles. The van der Waals surface area contributed by atoms with Gasteiger partial charge in [-0.05, 0) is 6.07 Å². The molecule has 0 bridgehead atoms. The van der Waals surface area contributed by atoms with Crippen molar-refractivity contribution < 1.29 is 15.0 Å². The molecule has 1 aromatic carbocycles. The van der Waals surface area contributed by atoms with Crippen molar-refractivity contribution in [3.8, 4) is 5.75 Å². The molecule has 5 nitrogen and oxygen atoms in total. The molecule has 0 saturated carbocycles. The van der Waals surface area contributed by atoms with Crippen LogP contribution in [0.1, 0.15) is 5.56 Å². The number of carboxylic acids is 1. The second kappa shape index (κ2) is 5.14. The van der Waals surface area contributed by atoms with Gasteiger partial charge in [0.15, 0.2) is 5.66 Å². The Kier molecular flexibility index (Phi) is 4.50. The molecule has 0 saturated heterocycles. The van der Waals surface area contributed by atoms with Crippen molar-refractivity contribution in [3.63, 3.8) is 0 Å². The monoisotopic (exact) mass is 210 g/mol. The molecule has 0 spiro atoms. The van der Waals surface area contributed by atoms with Crippen molar-refractivity contribution in [2.45, 2.75) is 5.66 Å². The third kappa shape index (κ3) is 2.80. The summed E-state index contributed by atoms with van der Waals surface area (Å²) in [6.45, 7) is 6.00. The number of hydrogen-bond acceptors (Lipinski definition) is 4. The number of carbonyl (C=O) groups is 1. The summed E-state index contributed by atoms with van der Waals surface area (Å²) in [5.74, 6) is -1.62. The lowest BCUT2D eigenvalue weighted by Gasteiger charge is -2.20. The van der Waals surface area contributed by atoms with Crippen LogP contribution in [0.2, 0.25) is 0 Å². The highest BCUT2D eigenvalue weighted by Crippen LogP contribution is 2.23. The lowest BCUT2D eigenvalue weighted by Crippen LogP contribution is -2.53. The highest BCUT2D eigenvalue weighted by atomic mass is 16.4. The van der Waals surface area contributed by atoms with Gasteiger partial charge in [0.1, 0.15) is 5.75 Å². The zero-order valence-corrected chi connectivity index (χ0v) is 8.18. The van der Waals surface area contributed by atoms with Gasteiger partial charge < -0.3 is 21.7 Å². The van der Waals surface area contributed by atoms with Crippen molar-refractivity contribution >= 4 is 5.97 Å². The Hall–Kier alpha value is -1.85. The van der Waals surface area contributed by atoms with E-state index in [-0.39, 0.29) is 11.3 Å². The minimum atomic E-state index is -2.05. The summed E-state index contributed by atoms with van der Waals surface area (Å²) in [5.41, 5.74) is 8.54. The number of carboxylic acid groups (broad SMARTS) is 1. The normalized spacial score (nSPS) is 10.0. The van der Waals surface area contributed by atoms with Gasteiger partial charge in [0, 0.05) is 5.56 Å². The Balaban J connectivity index is 0.000000921. The maximum atomic E-state index is 10.6. The van der Waals surface area contributed by atoms with Crippen LogP contribution in [0, 0.1) is 0 Å². The average molecular weight is 210 g/mol. The van der Waals surface area contributed by atoms with E-state index in [9.17, 15) is 9.90 Å². The SMILES string of the molecule is C=C.NC(N)(C(=O)O)c1ccccc1O. The van der Waals surface area contributed by atoms with Crippen LogP contribution in [0.25, 0.3) is 0 Å². The van der Waals surface area contributed by atoms with Crippen LogP contribution in [0.3, 0.4) is 0 Å². The van der Waals surface area contributed by atoms with Crippen molar-refractivity contribution in [1.82, 2.24) is 0 Å². The maximum Gasteiger partial charge on any atom is 0.343 e. The first kappa shape index (κ1) is 13.2. The van der Waals surface area contributed by atoms with E-state index in [1.54, 1.807) is 12.1 Å². The fourth-order valence-electron chi connectivity index (χ4n) is 0.939. The summed E-state index contributed by atoms with van der Waals surface area (Å²) >= 11 is 0. The summed E-state index contributed by atoms with van der Waals surface area (Å²) in [6.07, 6.45) is 0. The van der Waals surface area contributed by atoms with E-state index in [1.807, 2.05) is 0 Å². The summed E-state index contributed by atoms with van der Waals surface area (Å²) in [6, 6.07) is 5.79.